The van der Waals surface area contributed by atoms with E-state index in [0.29, 0.717) is 0 Å². The fraction of sp³-hybridized carbons (Fsp3) is 0.778. The number of nitrogens with one attached hydrogen (secondary N) is 3. The van der Waals surface area contributed by atoms with E-state index in [1.165, 1.54) is 48.5 Å². The third kappa shape index (κ3) is 13.2. The molecule has 0 saturated carbocycles. The van der Waals surface area contributed by atoms with Crippen LogP contribution >= 0.6 is 0 Å². The van der Waals surface area contributed by atoms with Gasteiger partial charge < -0.3 is 51.0 Å². The van der Waals surface area contributed by atoms with Crippen LogP contribution in [-0.4, -0.2) is 118 Å². The van der Waals surface area contributed by atoms with E-state index in [4.69, 9.17) is 14.6 Å². The molecule has 2 unspecified atom stereocenters. The highest BCUT2D eigenvalue weighted by Crippen LogP contribution is 2.26. The van der Waals surface area contributed by atoms with Crippen LogP contribution in [0.3, 0.4) is 0 Å². The number of carboxylic acids is 1. The number of carboxylic acid groups (broad SMARTS) is 1. The van der Waals surface area contributed by atoms with Crippen LogP contribution in [0.25, 0.3) is 0 Å². The molecule has 16 heteroatoms. The summed E-state index contributed by atoms with van der Waals surface area (Å²) in [4.78, 5) is 73.4. The van der Waals surface area contributed by atoms with Crippen LogP contribution in [0.5, 0.6) is 0 Å². The summed E-state index contributed by atoms with van der Waals surface area (Å²) in [5.74, 6) is -5.76. The Kier molecular flexibility index (Phi) is 15.8. The van der Waals surface area contributed by atoms with Gasteiger partial charge in [0, 0.05) is 29.3 Å². The van der Waals surface area contributed by atoms with Crippen LogP contribution in [-0.2, 0) is 38.2 Å². The molecule has 0 aliphatic rings. The zero-order valence-electron chi connectivity index (χ0n) is 25.8. The Morgan fingerprint density at radius 3 is 1.67 bits per heavy atom. The molecule has 0 spiro atoms. The van der Waals surface area contributed by atoms with Gasteiger partial charge in [-0.15, -0.1) is 0 Å². The monoisotopic (exact) mass is 621 g/mol. The van der Waals surface area contributed by atoms with Crippen molar-refractivity contribution in [1.29, 1.82) is 0 Å². The van der Waals surface area contributed by atoms with Gasteiger partial charge in [-0.2, -0.15) is 0 Å². The minimum absolute atomic E-state index is 0.207. The largest absolute Gasteiger partial charge is 0.481 e. The van der Waals surface area contributed by atoms with Gasteiger partial charge >= 0.3 is 17.9 Å². The molecule has 0 saturated heterocycles. The number of amides is 3. The lowest BCUT2D eigenvalue weighted by Gasteiger charge is -2.33. The standard InChI is InChI=1S/C27H47N3O13/c1-15(30-22(39)19(37)26(4,5)13-32)24(41)43-20(23(40)29-10-8-16(33)34)27(6,7)14-42-17(35)9-11-28-21(38)18(36)25(2,3)12-31/h15,18-20,31-32,36-37H,8-14H2,1-7H3,(H,28,38)(H,29,40)(H,30,39)(H,33,34)/t15-,18-,19?,20?/m0/s1. The zero-order chi connectivity index (χ0) is 33.8. The first-order chi connectivity index (χ1) is 19.6. The van der Waals surface area contributed by atoms with Gasteiger partial charge in [-0.25, -0.2) is 4.79 Å². The van der Waals surface area contributed by atoms with Gasteiger partial charge in [0.15, 0.2) is 6.10 Å². The number of aliphatic hydroxyl groups is 4. The first-order valence-electron chi connectivity index (χ1n) is 13.6. The fourth-order valence-corrected chi connectivity index (χ4v) is 3.20. The molecule has 0 aromatic carbocycles. The van der Waals surface area contributed by atoms with Crippen molar-refractivity contribution in [1.82, 2.24) is 16.0 Å². The number of aliphatic hydroxyl groups excluding tert-OH is 4. The molecule has 0 aliphatic heterocycles. The minimum Gasteiger partial charge on any atom is -0.481 e. The summed E-state index contributed by atoms with van der Waals surface area (Å²) in [6, 6.07) is -1.36. The van der Waals surface area contributed by atoms with Crippen molar-refractivity contribution in [3.05, 3.63) is 0 Å². The van der Waals surface area contributed by atoms with E-state index in [1.807, 2.05) is 0 Å². The average molecular weight is 622 g/mol. The summed E-state index contributed by atoms with van der Waals surface area (Å²) in [5, 5.41) is 54.6. The third-order valence-corrected chi connectivity index (χ3v) is 6.56. The smallest absolute Gasteiger partial charge is 0.329 e. The van der Waals surface area contributed by atoms with Crippen LogP contribution in [0.2, 0.25) is 0 Å². The topological polar surface area (TPSA) is 258 Å². The number of ether oxygens (including phenoxy) is 2. The van der Waals surface area contributed by atoms with E-state index in [-0.39, 0.29) is 19.5 Å². The number of hydrogen-bond acceptors (Lipinski definition) is 12. The number of carbonyl (C=O) groups excluding carboxylic acids is 5. The maximum atomic E-state index is 12.9. The van der Waals surface area contributed by atoms with Crippen LogP contribution in [0, 0.1) is 16.2 Å². The maximum Gasteiger partial charge on any atom is 0.329 e. The molecule has 4 atom stereocenters. The Labute approximate surface area is 250 Å². The van der Waals surface area contributed by atoms with E-state index >= 15 is 0 Å². The van der Waals surface area contributed by atoms with E-state index in [2.05, 4.69) is 16.0 Å². The quantitative estimate of drug-likeness (QED) is 0.0715. The van der Waals surface area contributed by atoms with E-state index in [9.17, 15) is 49.2 Å². The molecule has 3 amide bonds. The zero-order valence-corrected chi connectivity index (χ0v) is 25.8. The molecule has 0 aromatic rings. The minimum atomic E-state index is -1.67. The van der Waals surface area contributed by atoms with Gasteiger partial charge in [-0.1, -0.05) is 41.5 Å². The molecule has 16 nitrogen and oxygen atoms in total. The Bertz CT molecular complexity index is 997. The molecule has 0 aromatic heterocycles. The Morgan fingerprint density at radius 2 is 1.19 bits per heavy atom. The first-order valence-corrected chi connectivity index (χ1v) is 13.6. The number of aliphatic carboxylic acids is 1. The summed E-state index contributed by atoms with van der Waals surface area (Å²) in [5.41, 5.74) is -3.71. The van der Waals surface area contributed by atoms with Crippen LogP contribution in [0.1, 0.15) is 61.3 Å². The van der Waals surface area contributed by atoms with Crippen LogP contribution in [0.4, 0.5) is 0 Å². The Balaban J connectivity index is 5.43. The molecule has 0 aliphatic carbocycles. The molecule has 0 radical (unpaired) electrons. The average Bonchev–Trinajstić information content (AvgIpc) is 2.92. The van der Waals surface area contributed by atoms with E-state index in [0.717, 1.165) is 0 Å². The van der Waals surface area contributed by atoms with Crippen LogP contribution in [0.15, 0.2) is 0 Å². The summed E-state index contributed by atoms with van der Waals surface area (Å²) >= 11 is 0. The lowest BCUT2D eigenvalue weighted by Crippen LogP contribution is -2.53. The van der Waals surface area contributed by atoms with Crippen molar-refractivity contribution in [2.45, 2.75) is 85.7 Å². The Morgan fingerprint density at radius 1 is 0.721 bits per heavy atom. The van der Waals surface area contributed by atoms with Crippen molar-refractivity contribution >= 4 is 35.6 Å². The molecule has 0 fully saturated rings. The summed E-state index contributed by atoms with van der Waals surface area (Å²) in [6.45, 7) is 7.95. The SMILES string of the molecule is C[C@H](NC(=O)C(O)C(C)(C)CO)C(=O)OC(C(=O)NCCC(=O)O)C(C)(C)COC(=O)CCNC(=O)[C@H](O)C(C)(C)CO. The third-order valence-electron chi connectivity index (χ3n) is 6.56. The second-order valence-electron chi connectivity index (χ2n) is 12.3. The lowest BCUT2D eigenvalue weighted by atomic mass is 9.86. The molecule has 0 heterocycles. The van der Waals surface area contributed by atoms with E-state index < -0.39 is 102 Å². The number of carbonyl (C=O) groups is 6. The van der Waals surface area contributed by atoms with Crippen LogP contribution < -0.4 is 16.0 Å². The summed E-state index contributed by atoms with van der Waals surface area (Å²) in [6.07, 6.45) is -5.58. The molecule has 43 heavy (non-hydrogen) atoms. The van der Waals surface area contributed by atoms with Gasteiger partial charge in [0.05, 0.1) is 26.1 Å². The van der Waals surface area contributed by atoms with Crippen molar-refractivity contribution < 1.29 is 63.8 Å². The summed E-state index contributed by atoms with van der Waals surface area (Å²) < 4.78 is 10.6. The summed E-state index contributed by atoms with van der Waals surface area (Å²) in [7, 11) is 0. The van der Waals surface area contributed by atoms with Gasteiger partial charge in [-0.3, -0.25) is 24.0 Å². The first kappa shape index (κ1) is 39.7. The van der Waals surface area contributed by atoms with Crippen molar-refractivity contribution in [2.75, 3.05) is 32.9 Å². The molecular weight excluding hydrogens is 574 g/mol. The van der Waals surface area contributed by atoms with Crippen molar-refractivity contribution in [3.8, 4) is 0 Å². The normalized spacial score (nSPS) is 14.9. The highest BCUT2D eigenvalue weighted by atomic mass is 16.6. The van der Waals surface area contributed by atoms with Crippen molar-refractivity contribution in [3.63, 3.8) is 0 Å². The number of esters is 2. The van der Waals surface area contributed by atoms with Gasteiger partial charge in [0.1, 0.15) is 24.9 Å². The molecular formula is C27H47N3O13. The highest BCUT2D eigenvalue weighted by Gasteiger charge is 2.41. The molecule has 248 valence electrons. The lowest BCUT2D eigenvalue weighted by molar-refractivity contribution is -0.171. The predicted octanol–water partition coefficient (Wildman–Crippen LogP) is -2.17. The Hall–Kier alpha value is -3.34. The second kappa shape index (κ2) is 17.1. The number of hydrogen-bond donors (Lipinski definition) is 8. The van der Waals surface area contributed by atoms with Crippen molar-refractivity contribution in [2.24, 2.45) is 16.2 Å². The van der Waals surface area contributed by atoms with Gasteiger partial charge in [-0.05, 0) is 6.92 Å². The predicted molar refractivity (Wildman–Crippen MR) is 149 cm³/mol. The molecule has 0 rings (SSSR count). The van der Waals surface area contributed by atoms with Gasteiger partial charge in [0.25, 0.3) is 5.91 Å². The van der Waals surface area contributed by atoms with Gasteiger partial charge in [0.2, 0.25) is 11.8 Å². The fourth-order valence-electron chi connectivity index (χ4n) is 3.20. The molecule has 0 bridgehead atoms. The second-order valence-corrected chi connectivity index (χ2v) is 12.3. The maximum absolute atomic E-state index is 12.9. The number of rotatable bonds is 19. The molecule has 8 N–H and O–H groups in total. The highest BCUT2D eigenvalue weighted by molar-refractivity contribution is 5.89. The van der Waals surface area contributed by atoms with E-state index in [1.54, 1.807) is 0 Å².